The average Bonchev–Trinajstić information content (AvgIpc) is 2.66. The Morgan fingerprint density at radius 2 is 2.04 bits per heavy atom. The Kier molecular flexibility index (Phi) is 5.66. The molecule has 5 heteroatoms. The smallest absolute Gasteiger partial charge is 0.239 e. The first-order chi connectivity index (χ1) is 12.6. The van der Waals surface area contributed by atoms with Gasteiger partial charge in [-0.1, -0.05) is 38.1 Å². The molecule has 2 aromatic rings. The number of hydrogen-bond acceptors (Lipinski definition) is 4. The van der Waals surface area contributed by atoms with Crippen molar-refractivity contribution in [2.45, 2.75) is 26.3 Å². The lowest BCUT2D eigenvalue weighted by Crippen LogP contribution is -2.47. The molecule has 1 saturated heterocycles. The molecule has 0 bridgehead atoms. The molecular weight excluding hydrogens is 326 g/mol. The molecule has 5 nitrogen and oxygen atoms in total. The van der Waals surface area contributed by atoms with Gasteiger partial charge in [-0.2, -0.15) is 0 Å². The first-order valence-electron chi connectivity index (χ1n) is 9.10. The summed E-state index contributed by atoms with van der Waals surface area (Å²) in [7, 11) is 1.70. The Bertz CT molecular complexity index is 774. The number of hydrogen-bond donors (Lipinski definition) is 2. The summed E-state index contributed by atoms with van der Waals surface area (Å²) in [4.78, 5) is 13.8. The van der Waals surface area contributed by atoms with Crippen molar-refractivity contribution in [3.8, 4) is 5.75 Å². The van der Waals surface area contributed by atoms with E-state index in [-0.39, 0.29) is 5.91 Å². The van der Waals surface area contributed by atoms with Crippen LogP contribution in [0.4, 0.5) is 11.4 Å². The van der Waals surface area contributed by atoms with Crippen molar-refractivity contribution in [1.29, 1.82) is 0 Å². The number of amides is 1. The molecule has 1 fully saturated rings. The fraction of sp³-hybridized carbons (Fsp3) is 0.381. The van der Waals surface area contributed by atoms with Crippen molar-refractivity contribution >= 4 is 17.3 Å². The molecule has 0 saturated carbocycles. The standard InChI is InChI=1S/C21H27N3O2/c1-15(2)16-8-9-20(26-3)17(12-16)13-23-18-6-4-5-7-19(18)24-11-10-22-21(25)14-24/h4-9,12,15,23H,10-11,13-14H2,1-3H3,(H,22,25). The van der Waals surface area contributed by atoms with Gasteiger partial charge in [0.25, 0.3) is 0 Å². The molecule has 1 aliphatic heterocycles. The number of nitrogens with zero attached hydrogens (tertiary/aromatic N) is 1. The Balaban J connectivity index is 1.80. The molecule has 138 valence electrons. The molecule has 1 amide bonds. The topological polar surface area (TPSA) is 53.6 Å². The predicted molar refractivity (Wildman–Crippen MR) is 106 cm³/mol. The van der Waals surface area contributed by atoms with Gasteiger partial charge in [-0.15, -0.1) is 0 Å². The zero-order valence-corrected chi connectivity index (χ0v) is 15.7. The molecule has 3 rings (SSSR count). The van der Waals surface area contributed by atoms with Gasteiger partial charge < -0.3 is 20.3 Å². The van der Waals surface area contributed by atoms with Crippen LogP contribution in [0.3, 0.4) is 0 Å². The lowest BCUT2D eigenvalue weighted by atomic mass is 10.00. The fourth-order valence-electron chi connectivity index (χ4n) is 3.23. The van der Waals surface area contributed by atoms with Crippen molar-refractivity contribution in [1.82, 2.24) is 5.32 Å². The third-order valence-electron chi connectivity index (χ3n) is 4.72. The zero-order valence-electron chi connectivity index (χ0n) is 15.7. The number of para-hydroxylation sites is 2. The number of ether oxygens (including phenoxy) is 1. The number of anilines is 2. The molecule has 0 aromatic heterocycles. The van der Waals surface area contributed by atoms with Crippen molar-refractivity contribution in [3.63, 3.8) is 0 Å². The van der Waals surface area contributed by atoms with Crippen LogP contribution in [0.15, 0.2) is 42.5 Å². The van der Waals surface area contributed by atoms with E-state index >= 15 is 0 Å². The largest absolute Gasteiger partial charge is 0.496 e. The normalized spacial score (nSPS) is 14.3. The summed E-state index contributed by atoms with van der Waals surface area (Å²) in [6.45, 7) is 6.94. The summed E-state index contributed by atoms with van der Waals surface area (Å²) in [6.07, 6.45) is 0. The van der Waals surface area contributed by atoms with Crippen molar-refractivity contribution in [2.75, 3.05) is 37.0 Å². The summed E-state index contributed by atoms with van der Waals surface area (Å²) in [5, 5.41) is 6.40. The van der Waals surface area contributed by atoms with Gasteiger partial charge in [0.15, 0.2) is 0 Å². The van der Waals surface area contributed by atoms with E-state index in [2.05, 4.69) is 53.6 Å². The number of carbonyl (C=O) groups excluding carboxylic acids is 1. The molecule has 0 atom stereocenters. The highest BCUT2D eigenvalue weighted by Crippen LogP contribution is 2.29. The summed E-state index contributed by atoms with van der Waals surface area (Å²) in [5.74, 6) is 1.42. The van der Waals surface area contributed by atoms with Gasteiger partial charge in [0, 0.05) is 25.2 Å². The maximum absolute atomic E-state index is 11.7. The van der Waals surface area contributed by atoms with Gasteiger partial charge in [0.05, 0.1) is 25.0 Å². The molecule has 0 spiro atoms. The van der Waals surface area contributed by atoms with E-state index < -0.39 is 0 Å². The second-order valence-corrected chi connectivity index (χ2v) is 6.87. The van der Waals surface area contributed by atoms with Crippen LogP contribution < -0.4 is 20.3 Å². The Morgan fingerprint density at radius 3 is 2.77 bits per heavy atom. The van der Waals surface area contributed by atoms with Gasteiger partial charge in [0.1, 0.15) is 5.75 Å². The first kappa shape index (κ1) is 18.1. The number of methoxy groups -OCH3 is 1. The molecule has 2 aromatic carbocycles. The third-order valence-corrected chi connectivity index (χ3v) is 4.72. The summed E-state index contributed by atoms with van der Waals surface area (Å²) < 4.78 is 5.53. The van der Waals surface area contributed by atoms with E-state index in [1.54, 1.807) is 7.11 Å². The minimum atomic E-state index is 0.0670. The van der Waals surface area contributed by atoms with E-state index in [4.69, 9.17) is 4.74 Å². The Labute approximate surface area is 155 Å². The third kappa shape index (κ3) is 4.10. The van der Waals surface area contributed by atoms with Crippen LogP contribution in [0.5, 0.6) is 5.75 Å². The van der Waals surface area contributed by atoms with E-state index in [0.717, 1.165) is 29.2 Å². The van der Waals surface area contributed by atoms with E-state index in [1.807, 2.05) is 18.2 Å². The van der Waals surface area contributed by atoms with Crippen LogP contribution in [0.1, 0.15) is 30.9 Å². The number of piperazine rings is 1. The van der Waals surface area contributed by atoms with E-state index in [1.165, 1.54) is 5.56 Å². The summed E-state index contributed by atoms with van der Waals surface area (Å²) >= 11 is 0. The van der Waals surface area contributed by atoms with Gasteiger partial charge in [0.2, 0.25) is 5.91 Å². The van der Waals surface area contributed by atoms with Crippen molar-refractivity contribution < 1.29 is 9.53 Å². The van der Waals surface area contributed by atoms with Crippen LogP contribution in [0.2, 0.25) is 0 Å². The van der Waals surface area contributed by atoms with Gasteiger partial charge in [-0.25, -0.2) is 0 Å². The van der Waals surface area contributed by atoms with Crippen LogP contribution in [0, 0.1) is 0 Å². The van der Waals surface area contributed by atoms with Crippen LogP contribution >= 0.6 is 0 Å². The SMILES string of the molecule is COc1ccc(C(C)C)cc1CNc1ccccc1N1CCNC(=O)C1. The van der Waals surface area contributed by atoms with E-state index in [9.17, 15) is 4.79 Å². The van der Waals surface area contributed by atoms with E-state index in [0.29, 0.717) is 25.6 Å². The maximum atomic E-state index is 11.7. The van der Waals surface area contributed by atoms with Crippen LogP contribution in [-0.4, -0.2) is 32.7 Å². The molecule has 2 N–H and O–H groups in total. The lowest BCUT2D eigenvalue weighted by molar-refractivity contribution is -0.120. The van der Waals surface area contributed by atoms with Crippen LogP contribution in [0.25, 0.3) is 0 Å². The summed E-state index contributed by atoms with van der Waals surface area (Å²) in [6, 6.07) is 14.5. The van der Waals surface area contributed by atoms with Crippen molar-refractivity contribution in [3.05, 3.63) is 53.6 Å². The zero-order chi connectivity index (χ0) is 18.5. The number of nitrogens with one attached hydrogen (secondary N) is 2. The first-order valence-corrected chi connectivity index (χ1v) is 9.10. The van der Waals surface area contributed by atoms with Gasteiger partial charge >= 0.3 is 0 Å². The molecule has 1 heterocycles. The quantitative estimate of drug-likeness (QED) is 0.836. The second kappa shape index (κ2) is 8.13. The average molecular weight is 353 g/mol. The molecule has 0 aliphatic carbocycles. The Hall–Kier alpha value is -2.69. The molecule has 1 aliphatic rings. The van der Waals surface area contributed by atoms with Gasteiger partial charge in [-0.05, 0) is 29.7 Å². The van der Waals surface area contributed by atoms with Crippen LogP contribution in [-0.2, 0) is 11.3 Å². The maximum Gasteiger partial charge on any atom is 0.239 e. The predicted octanol–water partition coefficient (Wildman–Crippen LogP) is 3.37. The highest BCUT2D eigenvalue weighted by Gasteiger charge is 2.18. The number of rotatable bonds is 6. The lowest BCUT2D eigenvalue weighted by Gasteiger charge is -2.30. The number of benzene rings is 2. The summed E-state index contributed by atoms with van der Waals surface area (Å²) in [5.41, 5.74) is 4.51. The molecule has 0 unspecified atom stereocenters. The minimum Gasteiger partial charge on any atom is -0.496 e. The Morgan fingerprint density at radius 1 is 1.23 bits per heavy atom. The molecule has 26 heavy (non-hydrogen) atoms. The van der Waals surface area contributed by atoms with Gasteiger partial charge in [-0.3, -0.25) is 4.79 Å². The monoisotopic (exact) mass is 353 g/mol. The van der Waals surface area contributed by atoms with Crippen molar-refractivity contribution in [2.24, 2.45) is 0 Å². The highest BCUT2D eigenvalue weighted by molar-refractivity contribution is 5.84. The highest BCUT2D eigenvalue weighted by atomic mass is 16.5. The number of carbonyl (C=O) groups is 1. The fourth-order valence-corrected chi connectivity index (χ4v) is 3.23. The molecule has 0 radical (unpaired) electrons. The second-order valence-electron chi connectivity index (χ2n) is 6.87. The molecular formula is C21H27N3O2. The minimum absolute atomic E-state index is 0.0670.